The van der Waals surface area contributed by atoms with Crippen LogP contribution in [0.15, 0.2) is 24.3 Å². The van der Waals surface area contributed by atoms with Crippen LogP contribution in [0.5, 0.6) is 0 Å². The number of hydrogen-bond donors (Lipinski definition) is 0. The van der Waals surface area contributed by atoms with E-state index in [1.54, 1.807) is 19.9 Å². The molecule has 0 fully saturated rings. The maximum absolute atomic E-state index is 11.1. The predicted octanol–water partition coefficient (Wildman–Crippen LogP) is -5.01. The molecule has 0 atom stereocenters. The first-order valence-electron chi connectivity index (χ1n) is 3.78. The zero-order valence-corrected chi connectivity index (χ0v) is 15.5. The van der Waals surface area contributed by atoms with Crippen molar-refractivity contribution in [2.75, 3.05) is 0 Å². The van der Waals surface area contributed by atoms with Crippen molar-refractivity contribution in [3.05, 3.63) is 35.9 Å². The van der Waals surface area contributed by atoms with E-state index >= 15 is 0 Å². The Balaban J connectivity index is 0. The summed E-state index contributed by atoms with van der Waals surface area (Å²) in [6, 6.07) is 10.3. The van der Waals surface area contributed by atoms with Crippen molar-refractivity contribution in [1.82, 2.24) is 0 Å². The smallest absolute Gasteiger partial charge is 0.841 e. The summed E-state index contributed by atoms with van der Waals surface area (Å²) in [5, 5.41) is 11.1. The summed E-state index contributed by atoms with van der Waals surface area (Å²) >= 11 is 0. The second kappa shape index (κ2) is 9.09. The molecule has 3 heteroatoms. The van der Waals surface area contributed by atoms with Gasteiger partial charge in [0.1, 0.15) is 0 Å². The summed E-state index contributed by atoms with van der Waals surface area (Å²) in [5.74, 6) is 5.37. The molecule has 0 aliphatic rings. The van der Waals surface area contributed by atoms with Crippen LogP contribution in [0.3, 0.4) is 0 Å². The summed E-state index contributed by atoms with van der Waals surface area (Å²) < 4.78 is 0. The Labute approximate surface area is 171 Å². The Morgan fingerprint density at radius 1 is 1.29 bits per heavy atom. The fourth-order valence-electron chi connectivity index (χ4n) is 0.689. The molecule has 1 rings (SSSR count). The second-order valence-electron chi connectivity index (χ2n) is 3.04. The van der Waals surface area contributed by atoms with Crippen LogP contribution in [-0.2, 0) is 0 Å². The molecule has 1 aromatic rings. The molecule has 1 nitrogen and oxygen atoms in total. The Morgan fingerprint density at radius 2 is 1.93 bits per heavy atom. The fourth-order valence-corrected chi connectivity index (χ4v) is 0.689. The molecule has 0 N–H and O–H groups in total. The van der Waals surface area contributed by atoms with E-state index < -0.39 is 5.60 Å². The molecule has 0 spiro atoms. The maximum Gasteiger partial charge on any atom is 1.00 e. The van der Waals surface area contributed by atoms with Crippen LogP contribution in [0.4, 0.5) is 0 Å². The van der Waals surface area contributed by atoms with Crippen LogP contribution in [0, 0.1) is 17.9 Å². The van der Waals surface area contributed by atoms with Gasteiger partial charge in [-0.05, 0) is 0 Å². The first-order valence-corrected chi connectivity index (χ1v) is 3.78. The predicted molar refractivity (Wildman–Crippen MR) is 46.2 cm³/mol. The van der Waals surface area contributed by atoms with Gasteiger partial charge in [-0.1, -0.05) is 19.4 Å². The molecule has 1 aromatic carbocycles. The largest absolute Gasteiger partial charge is 1.00 e. The van der Waals surface area contributed by atoms with E-state index in [1.807, 2.05) is 18.2 Å². The molecule has 0 aromatic heterocycles. The first kappa shape index (κ1) is 18.4. The van der Waals surface area contributed by atoms with E-state index in [-0.39, 0.29) is 103 Å². The Hall–Kier alpha value is 2.01. The van der Waals surface area contributed by atoms with Crippen LogP contribution in [-0.4, -0.2) is 5.60 Å². The van der Waals surface area contributed by atoms with E-state index in [1.165, 1.54) is 0 Å². The normalized spacial score (nSPS) is 8.79. The van der Waals surface area contributed by atoms with Crippen molar-refractivity contribution >= 4 is 0 Å². The van der Waals surface area contributed by atoms with Crippen molar-refractivity contribution in [1.29, 1.82) is 0 Å². The molecule has 0 unspecified atom stereocenters. The van der Waals surface area contributed by atoms with Crippen LogP contribution in [0.25, 0.3) is 0 Å². The van der Waals surface area contributed by atoms with Crippen molar-refractivity contribution in [2.24, 2.45) is 0 Å². The average Bonchev–Trinajstić information content (AvgIpc) is 2.02. The summed E-state index contributed by atoms with van der Waals surface area (Å²) in [5.41, 5.74) is -0.412. The van der Waals surface area contributed by atoms with Crippen molar-refractivity contribution in [2.45, 2.75) is 19.4 Å². The monoisotopic (exact) mass is 236 g/mol. The minimum Gasteiger partial charge on any atom is -0.841 e. The van der Waals surface area contributed by atoms with Gasteiger partial charge >= 0.3 is 103 Å². The maximum atomic E-state index is 11.1. The van der Waals surface area contributed by atoms with Gasteiger partial charge in [0.15, 0.2) is 0 Å². The molecular weight excluding hydrogens is 226 g/mol. The third-order valence-corrected chi connectivity index (χ3v) is 1.21. The molecule has 0 heterocycles. The molecule has 0 aliphatic heterocycles. The molecule has 14 heavy (non-hydrogen) atoms. The summed E-state index contributed by atoms with van der Waals surface area (Å²) in [6.07, 6.45) is 0. The molecule has 62 valence electrons. The first-order chi connectivity index (χ1) is 5.58. The van der Waals surface area contributed by atoms with Gasteiger partial charge in [0, 0.05) is 0 Å². The third kappa shape index (κ3) is 9.25. The molecule has 0 bridgehead atoms. The number of benzene rings is 1. The number of hydrogen-bond acceptors (Lipinski definition) is 1. The van der Waals surface area contributed by atoms with E-state index in [9.17, 15) is 5.11 Å². The van der Waals surface area contributed by atoms with Gasteiger partial charge in [0.25, 0.3) is 0 Å². The Kier molecular flexibility index (Phi) is 11.9. The van der Waals surface area contributed by atoms with Gasteiger partial charge in [0.05, 0.1) is 0 Å². The number of rotatable bonds is 0. The summed E-state index contributed by atoms with van der Waals surface area (Å²) in [7, 11) is 0. The second-order valence-corrected chi connectivity index (χ2v) is 3.04. The molecule has 0 radical (unpaired) electrons. The fraction of sp³-hybridized carbons (Fsp3) is 0.273. The molecule has 0 saturated heterocycles. The van der Waals surface area contributed by atoms with E-state index in [2.05, 4.69) is 17.9 Å². The molecule has 0 saturated carbocycles. The van der Waals surface area contributed by atoms with Crippen LogP contribution >= 0.6 is 0 Å². The SMILES string of the molecule is CC(C)([O-])C#Cc1[c-]cccc1.[K+].[K+]. The van der Waals surface area contributed by atoms with Gasteiger partial charge in [0.2, 0.25) is 0 Å². The topological polar surface area (TPSA) is 23.1 Å². The average molecular weight is 236 g/mol. The van der Waals surface area contributed by atoms with Gasteiger partial charge < -0.3 is 5.11 Å². The van der Waals surface area contributed by atoms with Crippen molar-refractivity contribution < 1.29 is 108 Å². The Bertz CT molecular complexity index is 304. The van der Waals surface area contributed by atoms with Crippen molar-refractivity contribution in [3.63, 3.8) is 0 Å². The van der Waals surface area contributed by atoms with Gasteiger partial charge in [-0.2, -0.15) is 11.8 Å². The van der Waals surface area contributed by atoms with E-state index in [4.69, 9.17) is 0 Å². The minimum absolute atomic E-state index is 0. The zero-order valence-electron chi connectivity index (χ0n) is 9.22. The van der Waals surface area contributed by atoms with E-state index in [0.717, 1.165) is 5.56 Å². The van der Waals surface area contributed by atoms with E-state index in [0.29, 0.717) is 0 Å². The quantitative estimate of drug-likeness (QED) is 0.251. The molecule has 0 aliphatic carbocycles. The zero-order chi connectivity index (χ0) is 9.03. The van der Waals surface area contributed by atoms with Gasteiger partial charge in [-0.3, -0.25) is 0 Å². The third-order valence-electron chi connectivity index (χ3n) is 1.21. The standard InChI is InChI=1S/C11H10O.2K/c1-11(2,12)9-8-10-6-4-3-5-7-10;;/h3-6H,1-2H3;;/q-2;2*+1. The molecule has 0 amide bonds. The van der Waals surface area contributed by atoms with Crippen LogP contribution < -0.4 is 108 Å². The van der Waals surface area contributed by atoms with Crippen LogP contribution in [0.1, 0.15) is 19.4 Å². The summed E-state index contributed by atoms with van der Waals surface area (Å²) in [6.45, 7) is 3.09. The molecular formula is C11H10K2O. The van der Waals surface area contributed by atoms with Crippen molar-refractivity contribution in [3.8, 4) is 11.8 Å². The van der Waals surface area contributed by atoms with Gasteiger partial charge in [-0.25, -0.2) is 0 Å². The summed E-state index contributed by atoms with van der Waals surface area (Å²) in [4.78, 5) is 0. The van der Waals surface area contributed by atoms with Gasteiger partial charge in [-0.15, -0.1) is 35.9 Å². The van der Waals surface area contributed by atoms with Crippen LogP contribution in [0.2, 0.25) is 0 Å². The Morgan fingerprint density at radius 3 is 2.36 bits per heavy atom. The minimum atomic E-state index is -1.18.